The van der Waals surface area contributed by atoms with Crippen LogP contribution in [0.3, 0.4) is 0 Å². The van der Waals surface area contributed by atoms with Crippen LogP contribution in [0.25, 0.3) is 0 Å². The lowest BCUT2D eigenvalue weighted by atomic mass is 10.4. The van der Waals surface area contributed by atoms with Crippen LogP contribution in [0.2, 0.25) is 0 Å². The Labute approximate surface area is 131 Å². The third-order valence-corrected chi connectivity index (χ3v) is 2.67. The zero-order valence-electron chi connectivity index (χ0n) is 13.7. The summed E-state index contributed by atoms with van der Waals surface area (Å²) in [6.45, 7) is 10.6. The highest BCUT2D eigenvalue weighted by Gasteiger charge is 2.06. The molecule has 0 aliphatic rings. The van der Waals surface area contributed by atoms with E-state index in [1.54, 1.807) is 11.9 Å². The van der Waals surface area contributed by atoms with E-state index in [1.807, 2.05) is 0 Å². The van der Waals surface area contributed by atoms with Gasteiger partial charge in [-0.2, -0.15) is 0 Å². The summed E-state index contributed by atoms with van der Waals surface area (Å²) in [7, 11) is 3.14. The molecule has 0 rings (SSSR count). The quantitative estimate of drug-likeness (QED) is 0.566. The Balaban J connectivity index is 0. The van der Waals surface area contributed by atoms with Crippen LogP contribution >= 0.6 is 0 Å². The Morgan fingerprint density at radius 3 is 1.86 bits per heavy atom. The van der Waals surface area contributed by atoms with E-state index in [-0.39, 0.29) is 23.6 Å². The van der Waals surface area contributed by atoms with E-state index in [0.29, 0.717) is 13.1 Å². The summed E-state index contributed by atoms with van der Waals surface area (Å²) in [6.07, 6.45) is 3.09. The Morgan fingerprint density at radius 1 is 1.00 bits per heavy atom. The van der Waals surface area contributed by atoms with Gasteiger partial charge >= 0.3 is 0 Å². The molecule has 0 atom stereocenters. The smallest absolute Gasteiger partial charge is 0.252 e. The molecule has 1 N–H and O–H groups in total. The van der Waals surface area contributed by atoms with Crippen LogP contribution < -0.4 is 5.32 Å². The number of likely N-dealkylation sites (N-methyl/N-ethyl adjacent to an activating group) is 1. The number of nitrogens with one attached hydrogen (secondary N) is 1. The van der Waals surface area contributed by atoms with Gasteiger partial charge in [0.1, 0.15) is 0 Å². The van der Waals surface area contributed by atoms with E-state index in [2.05, 4.69) is 18.5 Å². The van der Waals surface area contributed by atoms with Crippen molar-refractivity contribution in [3.8, 4) is 0 Å². The maximum Gasteiger partial charge on any atom is 0.252 e. The molecule has 22 heavy (non-hydrogen) atoms. The first-order chi connectivity index (χ1) is 10.2. The molecule has 0 aliphatic heterocycles. The standard InChI is InChI=1S/C9H16N2O2.C6H9NO2/c1-4-9(13)10-6-5-7-11(3)8(2)12;1-4-6(9)7(3)5(2)8/h4H,1,5-7H2,2-3H3,(H,10,13);4H,1H2,2-3H3. The molecule has 124 valence electrons. The molecule has 7 nitrogen and oxygen atoms in total. The average Bonchev–Trinajstić information content (AvgIpc) is 2.49. The van der Waals surface area contributed by atoms with Crippen molar-refractivity contribution < 1.29 is 19.2 Å². The fourth-order valence-corrected chi connectivity index (χ4v) is 1.05. The normalized spacial score (nSPS) is 8.73. The Hall–Kier alpha value is -2.44. The maximum atomic E-state index is 10.8. The highest BCUT2D eigenvalue weighted by Crippen LogP contribution is 1.86. The first-order valence-electron chi connectivity index (χ1n) is 6.70. The maximum absolute atomic E-state index is 10.8. The van der Waals surface area contributed by atoms with E-state index in [9.17, 15) is 19.2 Å². The van der Waals surface area contributed by atoms with Gasteiger partial charge in [-0.25, -0.2) is 0 Å². The number of nitrogens with zero attached hydrogens (tertiary/aromatic N) is 2. The molecule has 4 amide bonds. The summed E-state index contributed by atoms with van der Waals surface area (Å²) >= 11 is 0. The van der Waals surface area contributed by atoms with Crippen molar-refractivity contribution in [2.75, 3.05) is 27.2 Å². The molecule has 0 aromatic rings. The van der Waals surface area contributed by atoms with E-state index >= 15 is 0 Å². The SMILES string of the molecule is C=CC(=O)N(C)C(C)=O.C=CC(=O)NCCCN(C)C(C)=O. The molecule has 0 saturated heterocycles. The van der Waals surface area contributed by atoms with Gasteiger partial charge in [-0.1, -0.05) is 13.2 Å². The zero-order chi connectivity index (χ0) is 17.7. The molecule has 0 saturated carbocycles. The van der Waals surface area contributed by atoms with E-state index in [0.717, 1.165) is 17.4 Å². The van der Waals surface area contributed by atoms with Crippen LogP contribution in [0.1, 0.15) is 20.3 Å². The molecule has 0 unspecified atom stereocenters. The summed E-state index contributed by atoms with van der Waals surface area (Å²) in [5.41, 5.74) is 0. The molecule has 0 aliphatic carbocycles. The molecule has 0 heterocycles. The summed E-state index contributed by atoms with van der Waals surface area (Å²) in [6, 6.07) is 0. The van der Waals surface area contributed by atoms with Gasteiger partial charge in [0.25, 0.3) is 5.91 Å². The summed E-state index contributed by atoms with van der Waals surface area (Å²) in [5, 5.41) is 2.63. The van der Waals surface area contributed by atoms with Crippen molar-refractivity contribution in [2.24, 2.45) is 0 Å². The van der Waals surface area contributed by atoms with Gasteiger partial charge < -0.3 is 10.2 Å². The molecular formula is C15H25N3O4. The second-order valence-electron chi connectivity index (χ2n) is 4.41. The van der Waals surface area contributed by atoms with E-state index < -0.39 is 0 Å². The second-order valence-corrected chi connectivity index (χ2v) is 4.41. The summed E-state index contributed by atoms with van der Waals surface area (Å²) in [4.78, 5) is 45.0. The second kappa shape index (κ2) is 12.3. The first kappa shape index (κ1) is 21.9. The van der Waals surface area contributed by atoms with Crippen molar-refractivity contribution in [3.05, 3.63) is 25.3 Å². The minimum atomic E-state index is -0.373. The largest absolute Gasteiger partial charge is 0.353 e. The van der Waals surface area contributed by atoms with Gasteiger partial charge in [0.15, 0.2) is 0 Å². The number of imide groups is 1. The van der Waals surface area contributed by atoms with Gasteiger partial charge in [-0.05, 0) is 18.6 Å². The predicted molar refractivity (Wildman–Crippen MR) is 84.8 cm³/mol. The van der Waals surface area contributed by atoms with Crippen molar-refractivity contribution in [2.45, 2.75) is 20.3 Å². The Morgan fingerprint density at radius 2 is 1.55 bits per heavy atom. The number of hydrogen-bond acceptors (Lipinski definition) is 4. The minimum Gasteiger partial charge on any atom is -0.353 e. The highest BCUT2D eigenvalue weighted by molar-refractivity contribution is 5.99. The van der Waals surface area contributed by atoms with E-state index in [1.165, 1.54) is 27.0 Å². The van der Waals surface area contributed by atoms with Gasteiger partial charge in [0.05, 0.1) is 0 Å². The molecule has 0 aromatic carbocycles. The van der Waals surface area contributed by atoms with Gasteiger partial charge in [-0.3, -0.25) is 24.1 Å². The Kier molecular flexibility index (Phi) is 12.2. The first-order valence-corrected chi connectivity index (χ1v) is 6.70. The van der Waals surface area contributed by atoms with Crippen LogP contribution in [0.4, 0.5) is 0 Å². The molecular weight excluding hydrogens is 286 g/mol. The van der Waals surface area contributed by atoms with Crippen LogP contribution in [0, 0.1) is 0 Å². The average molecular weight is 311 g/mol. The van der Waals surface area contributed by atoms with Crippen LogP contribution in [0.5, 0.6) is 0 Å². The van der Waals surface area contributed by atoms with Crippen LogP contribution in [-0.2, 0) is 19.2 Å². The molecule has 0 spiro atoms. The summed E-state index contributed by atoms with van der Waals surface area (Å²) in [5.74, 6) is -0.789. The van der Waals surface area contributed by atoms with Gasteiger partial charge in [0, 0.05) is 41.0 Å². The van der Waals surface area contributed by atoms with Crippen molar-refractivity contribution >= 4 is 23.6 Å². The van der Waals surface area contributed by atoms with Crippen molar-refractivity contribution in [1.29, 1.82) is 0 Å². The monoisotopic (exact) mass is 311 g/mol. The van der Waals surface area contributed by atoms with Crippen molar-refractivity contribution in [1.82, 2.24) is 15.1 Å². The van der Waals surface area contributed by atoms with Crippen molar-refractivity contribution in [3.63, 3.8) is 0 Å². The lowest BCUT2D eigenvalue weighted by molar-refractivity contribution is -0.138. The minimum absolute atomic E-state index is 0.0371. The number of amides is 4. The fourth-order valence-electron chi connectivity index (χ4n) is 1.05. The lowest BCUT2D eigenvalue weighted by Gasteiger charge is -2.14. The van der Waals surface area contributed by atoms with E-state index in [4.69, 9.17) is 0 Å². The topological polar surface area (TPSA) is 86.8 Å². The molecule has 0 aromatic heterocycles. The molecule has 0 radical (unpaired) electrons. The van der Waals surface area contributed by atoms with Gasteiger partial charge in [0.2, 0.25) is 17.7 Å². The van der Waals surface area contributed by atoms with Crippen LogP contribution in [-0.4, -0.2) is 60.6 Å². The Bertz CT molecular complexity index is 433. The third kappa shape index (κ3) is 11.4. The number of rotatable bonds is 6. The van der Waals surface area contributed by atoms with Gasteiger partial charge in [-0.15, -0.1) is 0 Å². The highest BCUT2D eigenvalue weighted by atomic mass is 16.2. The number of hydrogen-bond donors (Lipinski definition) is 1. The number of carbonyl (C=O) groups is 4. The van der Waals surface area contributed by atoms with Crippen LogP contribution in [0.15, 0.2) is 25.3 Å². The molecule has 7 heteroatoms. The molecule has 0 fully saturated rings. The third-order valence-electron chi connectivity index (χ3n) is 2.67. The number of carbonyl (C=O) groups excluding carboxylic acids is 4. The zero-order valence-corrected chi connectivity index (χ0v) is 13.7. The molecule has 0 bridgehead atoms. The predicted octanol–water partition coefficient (Wildman–Crippen LogP) is 0.334. The summed E-state index contributed by atoms with van der Waals surface area (Å²) < 4.78 is 0. The fraction of sp³-hybridized carbons (Fsp3) is 0.467. The lowest BCUT2D eigenvalue weighted by Crippen LogP contribution is -2.29.